The van der Waals surface area contributed by atoms with Crippen molar-refractivity contribution in [1.82, 2.24) is 4.98 Å². The summed E-state index contributed by atoms with van der Waals surface area (Å²) >= 11 is 2.70. The minimum Gasteiger partial charge on any atom is -0.477 e. The smallest absolute Gasteiger partial charge is 0.477 e. The first-order valence-corrected chi connectivity index (χ1v) is 5.74. The fourth-order valence-electron chi connectivity index (χ4n) is 1.24. The van der Waals surface area contributed by atoms with Gasteiger partial charge in [0.25, 0.3) is 0 Å². The number of carbonyl (C=O) groups is 1. The number of aromatic nitrogens is 1. The zero-order valence-corrected chi connectivity index (χ0v) is 10.7. The van der Waals surface area contributed by atoms with Crippen LogP contribution in [0.15, 0.2) is 6.07 Å². The van der Waals surface area contributed by atoms with E-state index in [1.165, 1.54) is 0 Å². The first-order valence-electron chi connectivity index (χ1n) is 4.62. The molecule has 112 valence electrons. The Morgan fingerprint density at radius 2 is 1.85 bits per heavy atom. The number of carboxylic acid groups (broad SMARTS) is 1. The number of aromatic carboxylic acids is 1. The molecule has 0 aromatic carbocycles. The third-order valence-corrected chi connectivity index (χ3v) is 2.53. The third-order valence-electron chi connectivity index (χ3n) is 1.93. The molecule has 11 heteroatoms. The van der Waals surface area contributed by atoms with E-state index >= 15 is 0 Å². The first kappa shape index (κ1) is 16.5. The Hall–Kier alpha value is -1.52. The van der Waals surface area contributed by atoms with Crippen LogP contribution in [0.2, 0.25) is 0 Å². The molecule has 4 nitrogen and oxygen atoms in total. The van der Waals surface area contributed by atoms with Crippen LogP contribution < -0.4 is 4.74 Å². The zero-order valence-electron chi connectivity index (χ0n) is 9.14. The van der Waals surface area contributed by atoms with Gasteiger partial charge in [-0.05, 0) is 11.6 Å². The number of carboxylic acids is 1. The highest BCUT2D eigenvalue weighted by atomic mass is 79.9. The first-order chi connectivity index (χ1) is 8.95. The van der Waals surface area contributed by atoms with Gasteiger partial charge in [0.2, 0.25) is 5.88 Å². The van der Waals surface area contributed by atoms with Crippen molar-refractivity contribution >= 4 is 21.9 Å². The van der Waals surface area contributed by atoms with E-state index in [0.717, 1.165) is 0 Å². The molecular formula is C9H4BrF6NO3. The highest BCUT2D eigenvalue weighted by Gasteiger charge is 2.39. The fraction of sp³-hybridized carbons (Fsp3) is 0.333. The van der Waals surface area contributed by atoms with Gasteiger partial charge in [0.1, 0.15) is 11.3 Å². The summed E-state index contributed by atoms with van der Waals surface area (Å²) in [4.78, 5) is 13.4. The normalized spacial score (nSPS) is 12.3. The van der Waals surface area contributed by atoms with Gasteiger partial charge in [0.15, 0.2) is 0 Å². The average molecular weight is 368 g/mol. The van der Waals surface area contributed by atoms with Crippen molar-refractivity contribution in [2.24, 2.45) is 0 Å². The molecule has 1 rings (SSSR count). The molecule has 0 saturated carbocycles. The minimum absolute atomic E-state index is 0.335. The summed E-state index contributed by atoms with van der Waals surface area (Å²) in [6.45, 7) is 0. The lowest BCUT2D eigenvalue weighted by Gasteiger charge is -2.15. The van der Waals surface area contributed by atoms with E-state index in [4.69, 9.17) is 5.11 Å². The van der Waals surface area contributed by atoms with Crippen LogP contribution in [0.4, 0.5) is 26.3 Å². The van der Waals surface area contributed by atoms with Gasteiger partial charge in [-0.25, -0.2) is 9.78 Å². The molecule has 0 radical (unpaired) electrons. The van der Waals surface area contributed by atoms with E-state index in [-0.39, 0.29) is 0 Å². The average Bonchev–Trinajstić information content (AvgIpc) is 2.23. The Morgan fingerprint density at radius 3 is 2.20 bits per heavy atom. The van der Waals surface area contributed by atoms with Crippen molar-refractivity contribution in [1.29, 1.82) is 0 Å². The molecule has 0 aliphatic rings. The maximum atomic E-state index is 12.5. The van der Waals surface area contributed by atoms with Crippen LogP contribution in [0.5, 0.6) is 5.88 Å². The number of alkyl halides is 7. The summed E-state index contributed by atoms with van der Waals surface area (Å²) in [5, 5.41) is 8.36. The van der Waals surface area contributed by atoms with E-state index in [9.17, 15) is 31.1 Å². The van der Waals surface area contributed by atoms with E-state index in [2.05, 4.69) is 25.7 Å². The number of rotatable bonds is 3. The van der Waals surface area contributed by atoms with E-state index < -0.39 is 46.5 Å². The number of pyridine rings is 1. The Morgan fingerprint density at radius 1 is 1.30 bits per heavy atom. The predicted molar refractivity (Wildman–Crippen MR) is 55.5 cm³/mol. The van der Waals surface area contributed by atoms with Crippen LogP contribution in [0.3, 0.4) is 0 Å². The van der Waals surface area contributed by atoms with Crippen LogP contribution in [-0.2, 0) is 11.5 Å². The van der Waals surface area contributed by atoms with Crippen LogP contribution in [0.25, 0.3) is 0 Å². The highest BCUT2D eigenvalue weighted by Crippen LogP contribution is 2.35. The molecular weight excluding hydrogens is 364 g/mol. The summed E-state index contributed by atoms with van der Waals surface area (Å²) in [5.41, 5.74) is -3.32. The van der Waals surface area contributed by atoms with Crippen LogP contribution in [0, 0.1) is 0 Å². The second-order valence-electron chi connectivity index (χ2n) is 3.33. The van der Waals surface area contributed by atoms with Crippen LogP contribution in [0.1, 0.15) is 21.6 Å². The van der Waals surface area contributed by atoms with Gasteiger partial charge in [-0.2, -0.15) is 13.2 Å². The number of nitrogens with zero attached hydrogens (tertiary/aromatic N) is 1. The maximum Gasteiger partial charge on any atom is 0.574 e. The fourth-order valence-corrected chi connectivity index (χ4v) is 1.68. The molecule has 0 bridgehead atoms. The van der Waals surface area contributed by atoms with Gasteiger partial charge >= 0.3 is 18.5 Å². The van der Waals surface area contributed by atoms with E-state index in [1.54, 1.807) is 0 Å². The van der Waals surface area contributed by atoms with Crippen LogP contribution in [-0.4, -0.2) is 22.4 Å². The van der Waals surface area contributed by atoms with Gasteiger partial charge in [0.05, 0.1) is 0 Å². The molecule has 0 aliphatic heterocycles. The lowest BCUT2D eigenvalue weighted by atomic mass is 10.1. The quantitative estimate of drug-likeness (QED) is 0.655. The van der Waals surface area contributed by atoms with Gasteiger partial charge < -0.3 is 9.84 Å². The molecule has 0 fully saturated rings. The van der Waals surface area contributed by atoms with Crippen molar-refractivity contribution < 1.29 is 41.0 Å². The molecule has 0 spiro atoms. The summed E-state index contributed by atoms with van der Waals surface area (Å²) in [5.74, 6) is -3.55. The van der Waals surface area contributed by atoms with Crippen molar-refractivity contribution in [2.45, 2.75) is 17.9 Å². The Labute approximate surface area is 115 Å². The second-order valence-corrected chi connectivity index (χ2v) is 3.89. The van der Waals surface area contributed by atoms with E-state index in [1.807, 2.05) is 0 Å². The minimum atomic E-state index is -5.37. The molecule has 1 aromatic heterocycles. The highest BCUT2D eigenvalue weighted by molar-refractivity contribution is 9.08. The molecule has 0 amide bonds. The molecule has 1 heterocycles. The summed E-state index contributed by atoms with van der Waals surface area (Å²) < 4.78 is 77.0. The number of hydrogen-bond acceptors (Lipinski definition) is 3. The SMILES string of the molecule is O=C(O)c1c(CBr)cc(C(F)(F)F)nc1OC(F)(F)F. The molecule has 20 heavy (non-hydrogen) atoms. The summed E-state index contributed by atoms with van der Waals surface area (Å²) in [7, 11) is 0. The lowest BCUT2D eigenvalue weighted by Crippen LogP contribution is -2.22. The number of ether oxygens (including phenoxy) is 1. The maximum absolute atomic E-state index is 12.5. The summed E-state index contributed by atoms with van der Waals surface area (Å²) in [6.07, 6.45) is -10.4. The van der Waals surface area contributed by atoms with Gasteiger partial charge in [-0.15, -0.1) is 13.2 Å². The molecule has 0 unspecified atom stereocenters. The second kappa shape index (κ2) is 5.46. The van der Waals surface area contributed by atoms with Crippen molar-refractivity contribution in [2.75, 3.05) is 0 Å². The van der Waals surface area contributed by atoms with Gasteiger partial charge in [-0.3, -0.25) is 0 Å². The third kappa shape index (κ3) is 3.99. The summed E-state index contributed by atoms with van der Waals surface area (Å²) in [6, 6.07) is 0.335. The van der Waals surface area contributed by atoms with Crippen molar-refractivity contribution in [3.05, 3.63) is 22.9 Å². The topological polar surface area (TPSA) is 59.4 Å². The van der Waals surface area contributed by atoms with E-state index in [0.29, 0.717) is 6.07 Å². The van der Waals surface area contributed by atoms with Crippen molar-refractivity contribution in [3.8, 4) is 5.88 Å². The standard InChI is InChI=1S/C9H4BrF6NO3/c10-2-3-1-4(8(11,12)13)17-6(5(3)7(18)19)20-9(14,15)16/h1H,2H2,(H,18,19). The Bertz CT molecular complexity index is 528. The Kier molecular flexibility index (Phi) is 4.52. The lowest BCUT2D eigenvalue weighted by molar-refractivity contribution is -0.276. The molecule has 0 aliphatic carbocycles. The molecule has 0 saturated heterocycles. The Balaban J connectivity index is 3.54. The largest absolute Gasteiger partial charge is 0.574 e. The number of halogens is 7. The van der Waals surface area contributed by atoms with Gasteiger partial charge in [-0.1, -0.05) is 15.9 Å². The predicted octanol–water partition coefficient (Wildman–Crippen LogP) is 3.59. The zero-order chi connectivity index (χ0) is 15.7. The van der Waals surface area contributed by atoms with Gasteiger partial charge in [0, 0.05) is 5.33 Å². The van der Waals surface area contributed by atoms with Crippen LogP contribution >= 0.6 is 15.9 Å². The van der Waals surface area contributed by atoms with Crippen molar-refractivity contribution in [3.63, 3.8) is 0 Å². The number of hydrogen-bond donors (Lipinski definition) is 1. The molecule has 0 atom stereocenters. The molecule has 1 N–H and O–H groups in total. The molecule has 1 aromatic rings. The monoisotopic (exact) mass is 367 g/mol.